The van der Waals surface area contributed by atoms with Gasteiger partial charge in [-0.05, 0) is 49.3 Å². The number of hydrogen-bond acceptors (Lipinski definition) is 7. The summed E-state index contributed by atoms with van der Waals surface area (Å²) in [6, 6.07) is 8.15. The third-order valence-electron chi connectivity index (χ3n) is 6.41. The number of benzene rings is 1. The molecule has 1 aromatic carbocycles. The van der Waals surface area contributed by atoms with Crippen molar-refractivity contribution in [1.29, 1.82) is 0 Å². The highest BCUT2D eigenvalue weighted by Crippen LogP contribution is 2.30. The lowest BCUT2D eigenvalue weighted by molar-refractivity contribution is 0.103. The van der Waals surface area contributed by atoms with E-state index in [1.54, 1.807) is 18.5 Å². The van der Waals surface area contributed by atoms with Gasteiger partial charge in [-0.25, -0.2) is 18.7 Å². The highest BCUT2D eigenvalue weighted by molar-refractivity contribution is 8.01. The van der Waals surface area contributed by atoms with E-state index in [0.717, 1.165) is 49.2 Å². The molecule has 7 nitrogen and oxygen atoms in total. The number of carbonyl (C=O) groups excluding carboxylic acids is 1. The molecule has 37 heavy (non-hydrogen) atoms. The summed E-state index contributed by atoms with van der Waals surface area (Å²) in [6.07, 6.45) is 4.92. The van der Waals surface area contributed by atoms with Crippen molar-refractivity contribution in [1.82, 2.24) is 19.9 Å². The second kappa shape index (κ2) is 10.5. The van der Waals surface area contributed by atoms with Crippen molar-refractivity contribution in [2.24, 2.45) is 0 Å². The van der Waals surface area contributed by atoms with Crippen molar-refractivity contribution in [3.05, 3.63) is 71.7 Å². The Morgan fingerprint density at radius 3 is 2.51 bits per heavy atom. The van der Waals surface area contributed by atoms with Crippen LogP contribution in [0.25, 0.3) is 22.2 Å². The largest absolute Gasteiger partial charge is 0.354 e. The van der Waals surface area contributed by atoms with Gasteiger partial charge in [-0.3, -0.25) is 4.79 Å². The van der Waals surface area contributed by atoms with E-state index in [0.29, 0.717) is 11.0 Å². The minimum absolute atomic E-state index is 0.0635. The van der Waals surface area contributed by atoms with Crippen LogP contribution in [0.15, 0.2) is 48.9 Å². The van der Waals surface area contributed by atoms with Gasteiger partial charge in [0, 0.05) is 72.1 Å². The Kier molecular flexibility index (Phi) is 7.12. The fourth-order valence-electron chi connectivity index (χ4n) is 4.28. The van der Waals surface area contributed by atoms with Crippen molar-refractivity contribution in [3.8, 4) is 11.1 Å². The first-order valence-corrected chi connectivity index (χ1v) is 13.0. The van der Waals surface area contributed by atoms with E-state index in [1.165, 1.54) is 24.2 Å². The molecule has 2 N–H and O–H groups in total. The Hall–Kier alpha value is -3.50. The maximum absolute atomic E-state index is 15.2. The van der Waals surface area contributed by atoms with Gasteiger partial charge in [0.2, 0.25) is 5.78 Å². The Labute approximate surface area is 218 Å². The maximum atomic E-state index is 15.2. The van der Waals surface area contributed by atoms with Gasteiger partial charge in [-0.1, -0.05) is 13.8 Å². The smallest absolute Gasteiger partial charge is 0.201 e. The molecule has 0 unspecified atom stereocenters. The zero-order valence-corrected chi connectivity index (χ0v) is 21.7. The first-order chi connectivity index (χ1) is 17.8. The van der Waals surface area contributed by atoms with Crippen molar-refractivity contribution < 1.29 is 13.6 Å². The molecule has 10 heteroatoms. The van der Waals surface area contributed by atoms with E-state index in [-0.39, 0.29) is 16.5 Å². The van der Waals surface area contributed by atoms with Gasteiger partial charge < -0.3 is 19.5 Å². The number of piperazine rings is 1. The number of rotatable bonds is 7. The average Bonchev–Trinajstić information content (AvgIpc) is 3.32. The molecule has 4 aromatic rings. The van der Waals surface area contributed by atoms with Crippen LogP contribution in [-0.4, -0.2) is 64.1 Å². The van der Waals surface area contributed by atoms with E-state index < -0.39 is 23.0 Å². The van der Waals surface area contributed by atoms with Crippen LogP contribution in [0.1, 0.15) is 29.8 Å². The summed E-state index contributed by atoms with van der Waals surface area (Å²) in [5.41, 5.74) is 1.66. The summed E-state index contributed by atoms with van der Waals surface area (Å²) >= 11 is 1.28. The second-order valence-electron chi connectivity index (χ2n) is 9.40. The highest BCUT2D eigenvalue weighted by atomic mass is 32.2. The molecule has 3 aromatic heterocycles. The van der Waals surface area contributed by atoms with E-state index in [1.807, 2.05) is 26.0 Å². The van der Waals surface area contributed by atoms with Gasteiger partial charge in [0.15, 0.2) is 5.82 Å². The molecule has 0 bridgehead atoms. The number of halogens is 2. The van der Waals surface area contributed by atoms with Gasteiger partial charge in [-0.2, -0.15) is 0 Å². The number of likely N-dealkylation sites (N-methyl/N-ethyl adjacent to an activating group) is 1. The predicted molar refractivity (Wildman–Crippen MR) is 145 cm³/mol. The van der Waals surface area contributed by atoms with Gasteiger partial charge in [-0.15, -0.1) is 0 Å². The van der Waals surface area contributed by atoms with Gasteiger partial charge in [0.05, 0.1) is 11.3 Å². The van der Waals surface area contributed by atoms with Crippen LogP contribution in [0.3, 0.4) is 0 Å². The molecule has 0 saturated carbocycles. The monoisotopic (exact) mass is 522 g/mol. The Balaban J connectivity index is 1.45. The Morgan fingerprint density at radius 2 is 1.81 bits per heavy atom. The molecular formula is C27H28F2N6OS. The highest BCUT2D eigenvalue weighted by Gasteiger charge is 2.25. The number of H-pyrrole nitrogens is 1. The number of aromatic nitrogens is 3. The summed E-state index contributed by atoms with van der Waals surface area (Å²) in [7, 11) is 2.11. The SMILES string of the molecule is CC(C)SNc1ccc(F)c(C(=O)c2c[nH]c3ncc(-c4ccc(N5CCN(C)CC5)nc4)cc23)c1F. The van der Waals surface area contributed by atoms with Gasteiger partial charge in [0.1, 0.15) is 17.3 Å². The van der Waals surface area contributed by atoms with Crippen LogP contribution in [-0.2, 0) is 0 Å². The molecule has 192 valence electrons. The summed E-state index contributed by atoms with van der Waals surface area (Å²) in [5.74, 6) is -1.66. The van der Waals surface area contributed by atoms with E-state index in [2.05, 4.69) is 36.5 Å². The molecule has 1 fully saturated rings. The van der Waals surface area contributed by atoms with Crippen molar-refractivity contribution in [2.75, 3.05) is 42.8 Å². The summed E-state index contributed by atoms with van der Waals surface area (Å²) < 4.78 is 32.8. The number of ketones is 1. The molecule has 5 rings (SSSR count). The minimum atomic E-state index is -0.916. The van der Waals surface area contributed by atoms with Crippen LogP contribution in [0.2, 0.25) is 0 Å². The normalized spacial score (nSPS) is 14.5. The van der Waals surface area contributed by atoms with Crippen molar-refractivity contribution >= 4 is 40.3 Å². The number of aromatic amines is 1. The third kappa shape index (κ3) is 5.17. The zero-order valence-electron chi connectivity index (χ0n) is 20.9. The fraction of sp³-hybridized carbons (Fsp3) is 0.296. The lowest BCUT2D eigenvalue weighted by atomic mass is 10.00. The number of carbonyl (C=O) groups is 1. The van der Waals surface area contributed by atoms with E-state index >= 15 is 4.39 Å². The van der Waals surface area contributed by atoms with Gasteiger partial charge >= 0.3 is 0 Å². The second-order valence-corrected chi connectivity index (χ2v) is 10.8. The predicted octanol–water partition coefficient (Wildman–Crippen LogP) is 5.35. The average molecular weight is 523 g/mol. The van der Waals surface area contributed by atoms with E-state index in [9.17, 15) is 9.18 Å². The molecule has 0 atom stereocenters. The summed E-state index contributed by atoms with van der Waals surface area (Å²) in [5, 5.41) is 0.659. The number of nitrogens with one attached hydrogen (secondary N) is 2. The van der Waals surface area contributed by atoms with Crippen LogP contribution >= 0.6 is 11.9 Å². The Morgan fingerprint density at radius 1 is 1.05 bits per heavy atom. The Bertz CT molecular complexity index is 1430. The molecule has 0 amide bonds. The molecular weight excluding hydrogens is 494 g/mol. The van der Waals surface area contributed by atoms with Crippen LogP contribution in [0.4, 0.5) is 20.3 Å². The standard InChI is InChI=1S/C27H28F2N6OS/c1-16(2)37-33-22-6-5-21(28)24(25(22)29)26(36)20-15-32-27-19(20)12-18(14-31-27)17-4-7-23(30-13-17)35-10-8-34(3)9-11-35/h4-7,12-16,33H,8-11H2,1-3H3,(H,31,32). The first kappa shape index (κ1) is 25.2. The quantitative estimate of drug-likeness (QED) is 0.250. The molecule has 4 heterocycles. The molecule has 1 saturated heterocycles. The van der Waals surface area contributed by atoms with Crippen molar-refractivity contribution in [2.45, 2.75) is 19.1 Å². The van der Waals surface area contributed by atoms with Crippen molar-refractivity contribution in [3.63, 3.8) is 0 Å². The lowest BCUT2D eigenvalue weighted by Crippen LogP contribution is -2.44. The van der Waals surface area contributed by atoms with Crippen LogP contribution in [0, 0.1) is 11.6 Å². The summed E-state index contributed by atoms with van der Waals surface area (Å²) in [6.45, 7) is 7.71. The number of pyridine rings is 2. The van der Waals surface area contributed by atoms with E-state index in [4.69, 9.17) is 0 Å². The van der Waals surface area contributed by atoms with Crippen LogP contribution < -0.4 is 9.62 Å². The zero-order chi connectivity index (χ0) is 26.1. The number of anilines is 2. The maximum Gasteiger partial charge on any atom is 0.201 e. The molecule has 1 aliphatic rings. The summed E-state index contributed by atoms with van der Waals surface area (Å²) in [4.78, 5) is 29.9. The minimum Gasteiger partial charge on any atom is -0.354 e. The fourth-order valence-corrected chi connectivity index (χ4v) is 4.80. The van der Waals surface area contributed by atoms with Crippen LogP contribution in [0.5, 0.6) is 0 Å². The van der Waals surface area contributed by atoms with Gasteiger partial charge in [0.25, 0.3) is 0 Å². The molecule has 0 aliphatic carbocycles. The molecule has 0 radical (unpaired) electrons. The topological polar surface area (TPSA) is 77.2 Å². The number of hydrogen-bond donors (Lipinski definition) is 2. The number of fused-ring (bicyclic) bond motifs is 1. The first-order valence-electron chi connectivity index (χ1n) is 12.1. The number of nitrogens with zero attached hydrogens (tertiary/aromatic N) is 4. The lowest BCUT2D eigenvalue weighted by Gasteiger charge is -2.33. The molecule has 1 aliphatic heterocycles. The third-order valence-corrected chi connectivity index (χ3v) is 7.22. The molecule has 0 spiro atoms.